The zero-order valence-electron chi connectivity index (χ0n) is 32.0. The number of nitrogens with one attached hydrogen (secondary N) is 2. The molecular weight excluding hydrogens is 735 g/mol. The Kier molecular flexibility index (Phi) is 11.5. The zero-order chi connectivity index (χ0) is 38.8. The topological polar surface area (TPSA) is 117 Å². The molecule has 3 aliphatic rings. The molecule has 294 valence electrons. The average molecular weight is 783 g/mol. The molecule has 3 aromatic carbocycles. The molecule has 4 atom stereocenters. The molecule has 12 nitrogen and oxygen atoms in total. The first kappa shape index (κ1) is 38.2. The number of likely N-dealkylation sites (tertiary alicyclic amines) is 1. The van der Waals surface area contributed by atoms with Gasteiger partial charge >= 0.3 is 12.1 Å². The number of ether oxygens (including phenoxy) is 3. The molecule has 0 radical (unpaired) electrons. The van der Waals surface area contributed by atoms with E-state index in [0.29, 0.717) is 66.6 Å². The van der Waals surface area contributed by atoms with Crippen LogP contribution in [0, 0.1) is 5.82 Å². The Morgan fingerprint density at radius 1 is 1.02 bits per heavy atom. The van der Waals surface area contributed by atoms with Crippen LogP contribution >= 0.6 is 11.6 Å². The Labute approximate surface area is 331 Å². The minimum absolute atomic E-state index is 0.0753. The van der Waals surface area contributed by atoms with Crippen LogP contribution in [0.3, 0.4) is 0 Å². The molecule has 2 unspecified atom stereocenters. The highest BCUT2D eigenvalue weighted by Gasteiger charge is 2.35. The third kappa shape index (κ3) is 8.52. The molecule has 3 saturated heterocycles. The van der Waals surface area contributed by atoms with Gasteiger partial charge < -0.3 is 34.6 Å². The van der Waals surface area contributed by atoms with Crippen LogP contribution < -0.4 is 20.3 Å². The number of carbonyl (C=O) groups excluding carboxylic acids is 1. The van der Waals surface area contributed by atoms with Crippen molar-refractivity contribution in [3.63, 3.8) is 0 Å². The first-order chi connectivity index (χ1) is 27.2. The third-order valence-electron chi connectivity index (χ3n) is 10.9. The van der Waals surface area contributed by atoms with Crippen LogP contribution in [0.1, 0.15) is 30.4 Å². The Bertz CT molecular complexity index is 2180. The predicted octanol–water partition coefficient (Wildman–Crippen LogP) is 6.03. The molecule has 0 aliphatic carbocycles. The molecule has 2 N–H and O–H groups in total. The second-order valence-electron chi connectivity index (χ2n) is 15.4. The number of alkyl carbamates (subject to hydrolysis) is 1. The lowest BCUT2D eigenvalue weighted by Crippen LogP contribution is -2.51. The van der Waals surface area contributed by atoms with Crippen molar-refractivity contribution in [2.45, 2.75) is 56.6 Å². The van der Waals surface area contributed by atoms with E-state index in [4.69, 9.17) is 30.8 Å². The molecule has 1 amide bonds. The van der Waals surface area contributed by atoms with Gasteiger partial charge in [0.15, 0.2) is 5.82 Å². The second kappa shape index (κ2) is 16.8. The lowest BCUT2D eigenvalue weighted by Gasteiger charge is -2.34. The Morgan fingerprint density at radius 2 is 1.77 bits per heavy atom. The highest BCUT2D eigenvalue weighted by molar-refractivity contribution is 6.36. The molecule has 2 aromatic heterocycles. The predicted molar refractivity (Wildman–Crippen MR) is 216 cm³/mol. The van der Waals surface area contributed by atoms with Crippen molar-refractivity contribution >= 4 is 45.2 Å². The van der Waals surface area contributed by atoms with E-state index >= 15 is 4.39 Å². The fourth-order valence-corrected chi connectivity index (χ4v) is 8.46. The van der Waals surface area contributed by atoms with Crippen LogP contribution in [-0.4, -0.2) is 116 Å². The van der Waals surface area contributed by atoms with E-state index < -0.39 is 11.9 Å². The molecule has 0 saturated carbocycles. The van der Waals surface area contributed by atoms with Crippen LogP contribution in [0.2, 0.25) is 5.02 Å². The van der Waals surface area contributed by atoms with Crippen LogP contribution in [0.5, 0.6) is 6.01 Å². The number of piperazine rings is 1. The van der Waals surface area contributed by atoms with Gasteiger partial charge in [-0.1, -0.05) is 66.2 Å². The lowest BCUT2D eigenvalue weighted by molar-refractivity contribution is 0.0917. The minimum Gasteiger partial charge on any atom is -0.462 e. The number of fused-ring (bicyclic) bond motifs is 4. The van der Waals surface area contributed by atoms with Gasteiger partial charge in [0, 0.05) is 79.4 Å². The highest BCUT2D eigenvalue weighted by atomic mass is 35.5. The van der Waals surface area contributed by atoms with Crippen molar-refractivity contribution in [2.75, 3.05) is 65.4 Å². The quantitative estimate of drug-likeness (QED) is 0.136. The molecule has 5 heterocycles. The highest BCUT2D eigenvalue weighted by Crippen LogP contribution is 2.38. The summed E-state index contributed by atoms with van der Waals surface area (Å²) in [4.78, 5) is 33.2. The number of hydrogen-bond acceptors (Lipinski definition) is 11. The monoisotopic (exact) mass is 782 g/mol. The number of pyridine rings is 1. The smallest absolute Gasteiger partial charge is 0.407 e. The van der Waals surface area contributed by atoms with Crippen LogP contribution in [-0.2, 0) is 22.6 Å². The second-order valence-corrected chi connectivity index (χ2v) is 15.8. The number of amides is 1. The number of hydrogen-bond donors (Lipinski definition) is 2. The largest absolute Gasteiger partial charge is 0.462 e. The lowest BCUT2D eigenvalue weighted by atomic mass is 10.0. The van der Waals surface area contributed by atoms with Gasteiger partial charge in [-0.15, -0.1) is 0 Å². The summed E-state index contributed by atoms with van der Waals surface area (Å²) in [5.74, 6) is 0.0514. The first-order valence-corrected chi connectivity index (χ1v) is 19.7. The molecule has 56 heavy (non-hydrogen) atoms. The molecule has 0 spiro atoms. The number of likely N-dealkylation sites (N-methyl/N-ethyl adjacent to an activating group) is 1. The van der Waals surface area contributed by atoms with Crippen molar-refractivity contribution in [3.05, 3.63) is 88.8 Å². The summed E-state index contributed by atoms with van der Waals surface area (Å²) < 4.78 is 34.6. The van der Waals surface area contributed by atoms with E-state index in [1.807, 2.05) is 51.5 Å². The number of rotatable bonds is 13. The van der Waals surface area contributed by atoms with Crippen LogP contribution in [0.4, 0.5) is 15.0 Å². The molecule has 5 aromatic rings. The summed E-state index contributed by atoms with van der Waals surface area (Å²) in [5, 5.41) is 9.12. The van der Waals surface area contributed by atoms with Gasteiger partial charge in [-0.2, -0.15) is 9.97 Å². The van der Waals surface area contributed by atoms with Crippen molar-refractivity contribution in [1.82, 2.24) is 35.4 Å². The zero-order valence-corrected chi connectivity index (χ0v) is 32.8. The van der Waals surface area contributed by atoms with Gasteiger partial charge in [0.1, 0.15) is 29.7 Å². The molecule has 14 heteroatoms. The van der Waals surface area contributed by atoms with E-state index in [1.165, 1.54) is 5.56 Å². The summed E-state index contributed by atoms with van der Waals surface area (Å²) >= 11 is 6.64. The number of halogens is 2. The van der Waals surface area contributed by atoms with Crippen molar-refractivity contribution in [2.24, 2.45) is 0 Å². The number of anilines is 1. The summed E-state index contributed by atoms with van der Waals surface area (Å²) in [5.41, 5.74) is 3.22. The molecule has 3 fully saturated rings. The third-order valence-corrected chi connectivity index (χ3v) is 11.2. The van der Waals surface area contributed by atoms with Crippen LogP contribution in [0.15, 0.2) is 66.9 Å². The van der Waals surface area contributed by atoms with E-state index in [1.54, 1.807) is 12.3 Å². The van der Waals surface area contributed by atoms with Gasteiger partial charge in [0.2, 0.25) is 0 Å². The van der Waals surface area contributed by atoms with E-state index in [2.05, 4.69) is 59.6 Å². The van der Waals surface area contributed by atoms with Crippen LogP contribution in [0.25, 0.3) is 32.9 Å². The number of benzene rings is 3. The fraction of sp³-hybridized carbons (Fsp3) is 0.429. The Morgan fingerprint density at radius 3 is 2.54 bits per heavy atom. The van der Waals surface area contributed by atoms with E-state index in [9.17, 15) is 4.79 Å². The number of carbonyl (C=O) groups is 1. The summed E-state index contributed by atoms with van der Waals surface area (Å²) in [6, 6.07) is 20.3. The average Bonchev–Trinajstić information content (AvgIpc) is 3.72. The van der Waals surface area contributed by atoms with Gasteiger partial charge in [-0.25, -0.2) is 9.18 Å². The summed E-state index contributed by atoms with van der Waals surface area (Å²) in [7, 11) is 6.05. The standard InChI is InChI=1S/C42H48ClFN8O4/c1-50(2)20-26-10-12-27(13-11-26)24-54-17-16-45-42(53)56-32-18-31(51(3)23-32)25-55-41-48-39-34(40(49-41)52-21-29-14-15-30(22-52)47-29)19-46-38(37(39)44)33-8-4-6-28-7-5-9-35(43)36(28)33/h4-13,19,29-32,47H,14-18,20-25H2,1-3H3,(H,45,53)/t29?,30?,31-,32+/m0/s1. The number of aromatic nitrogens is 3. The summed E-state index contributed by atoms with van der Waals surface area (Å²) in [6.07, 6.45) is 3.60. The first-order valence-electron chi connectivity index (χ1n) is 19.3. The van der Waals surface area contributed by atoms with Gasteiger partial charge in [0.05, 0.1) is 18.6 Å². The molecule has 3 aliphatic heterocycles. The Balaban J connectivity index is 0.919. The fourth-order valence-electron chi connectivity index (χ4n) is 8.17. The van der Waals surface area contributed by atoms with E-state index in [-0.39, 0.29) is 36.0 Å². The molecule has 2 bridgehead atoms. The van der Waals surface area contributed by atoms with E-state index in [0.717, 1.165) is 48.8 Å². The van der Waals surface area contributed by atoms with Crippen molar-refractivity contribution < 1.29 is 23.4 Å². The summed E-state index contributed by atoms with van der Waals surface area (Å²) in [6.45, 7) is 4.33. The normalized spacial score (nSPS) is 21.0. The van der Waals surface area contributed by atoms with Crippen molar-refractivity contribution in [1.29, 1.82) is 0 Å². The maximum atomic E-state index is 16.8. The maximum Gasteiger partial charge on any atom is 0.407 e. The van der Waals surface area contributed by atoms with Crippen molar-refractivity contribution in [3.8, 4) is 17.3 Å². The molecule has 8 rings (SSSR count). The minimum atomic E-state index is -0.557. The number of nitrogens with zero attached hydrogens (tertiary/aromatic N) is 6. The maximum absolute atomic E-state index is 16.8. The SMILES string of the molecule is CN(C)Cc1ccc(COCCNC(=O)O[C@@H]2C[C@@H](COc3nc(N4CC5CCC(C4)N5)c4cnc(-c5cccc6cccc(Cl)c56)c(F)c4n3)N(C)C2)cc1. The van der Waals surface area contributed by atoms with Gasteiger partial charge in [-0.3, -0.25) is 9.88 Å². The molecular formula is C42H48ClFN8O4. The van der Waals surface area contributed by atoms with Gasteiger partial charge in [0.25, 0.3) is 0 Å². The van der Waals surface area contributed by atoms with Gasteiger partial charge in [-0.05, 0) is 56.6 Å². The Hall–Kier alpha value is -4.66.